The van der Waals surface area contributed by atoms with E-state index in [2.05, 4.69) is 492 Å². The molecule has 570 valence electrons. The fourth-order valence-corrected chi connectivity index (χ4v) is 19.0. The monoisotopic (exact) mass is 1550 g/mol. The van der Waals surface area contributed by atoms with E-state index in [4.69, 9.17) is 0 Å². The third-order valence-electron chi connectivity index (χ3n) is 24.8. The molecular weight excluding hydrogens is 1470 g/mol. The van der Waals surface area contributed by atoms with Crippen LogP contribution in [-0.4, -0.2) is 18.3 Å². The summed E-state index contributed by atoms with van der Waals surface area (Å²) in [5, 5.41) is 14.9. The van der Waals surface area contributed by atoms with Gasteiger partial charge in [-0.3, -0.25) is 0 Å². The van der Waals surface area contributed by atoms with Crippen molar-refractivity contribution in [3.8, 4) is 45.0 Å². The first-order chi connectivity index (χ1) is 60.5. The molecule has 0 aliphatic carbocycles. The Balaban J connectivity index is 0.508. The number of benzene rings is 19. The number of rotatable bonds is 16. The van der Waals surface area contributed by atoms with Gasteiger partial charge in [-0.15, -0.1) is 0 Å². The number of hydrogen-bond donors (Lipinski definition) is 0. The Hall–Kier alpha value is -16.1. The zero-order valence-corrected chi connectivity index (χ0v) is 66.8. The quantitative estimate of drug-likeness (QED) is 0.0679. The predicted molar refractivity (Wildman–Crippen MR) is 520 cm³/mol. The van der Waals surface area contributed by atoms with E-state index in [9.17, 15) is 0 Å². The number of aromatic nitrogens is 4. The van der Waals surface area contributed by atoms with Crippen LogP contribution in [-0.2, 0) is 0 Å². The topological polar surface area (TPSA) is 19.7 Å². The van der Waals surface area contributed by atoms with Gasteiger partial charge in [-0.1, -0.05) is 364 Å². The van der Waals surface area contributed by atoms with Crippen LogP contribution in [0.1, 0.15) is 55.6 Å². The van der Waals surface area contributed by atoms with Gasteiger partial charge in [-0.2, -0.15) is 0 Å². The molecule has 0 aliphatic rings. The highest BCUT2D eigenvalue weighted by Gasteiger charge is 2.21. The van der Waals surface area contributed by atoms with Crippen LogP contribution in [0.3, 0.4) is 0 Å². The molecule has 0 spiro atoms. The first kappa shape index (κ1) is 71.2. The van der Waals surface area contributed by atoms with E-state index in [1.165, 1.54) is 131 Å². The smallest absolute Gasteiger partial charge is 0.0541 e. The van der Waals surface area contributed by atoms with Crippen LogP contribution in [0, 0.1) is 0 Å². The molecule has 0 saturated heterocycles. The van der Waals surface area contributed by atoms with Crippen LogP contribution >= 0.6 is 0 Å². The summed E-state index contributed by atoms with van der Waals surface area (Å²) in [5.74, 6) is 0. The van der Waals surface area contributed by atoms with Gasteiger partial charge in [0.2, 0.25) is 0 Å². The Morgan fingerprint density at radius 2 is 0.311 bits per heavy atom. The first-order valence-electron chi connectivity index (χ1n) is 42.0. The van der Waals surface area contributed by atoms with E-state index < -0.39 is 0 Å². The van der Waals surface area contributed by atoms with Crippen LogP contribution in [0.15, 0.2) is 437 Å². The molecule has 4 heteroatoms. The SMILES string of the molecule is C(=C(c1ccc(-n2c3ccccc3c3ccccc32)cc1)c1ccc(-n2c3ccccc3c3ccccc32)cc1)c1ccc(/C=C/c2ccc(-c3c4ccccc4c(-c4ccc(/C=C/c5ccc(C=C(c6ccc(-n7c8ccccc8c8ccccc87)cc6)c6ccc(-n7c8ccccc8c8ccccc87)cc6)cc5)cc4)c4ccccc34)cc2)cc1. The van der Waals surface area contributed by atoms with Gasteiger partial charge >= 0.3 is 0 Å². The molecule has 0 fully saturated rings. The maximum absolute atomic E-state index is 2.39. The second kappa shape index (κ2) is 30.1. The summed E-state index contributed by atoms with van der Waals surface area (Å²) < 4.78 is 9.55. The Labute approximate surface area is 707 Å². The van der Waals surface area contributed by atoms with E-state index in [-0.39, 0.29) is 0 Å². The van der Waals surface area contributed by atoms with Crippen molar-refractivity contribution in [2.75, 3.05) is 0 Å². The van der Waals surface area contributed by atoms with Crippen LogP contribution in [0.4, 0.5) is 0 Å². The Morgan fingerprint density at radius 3 is 0.508 bits per heavy atom. The van der Waals surface area contributed by atoms with Crippen molar-refractivity contribution in [2.24, 2.45) is 0 Å². The summed E-state index contributed by atoms with van der Waals surface area (Å²) >= 11 is 0. The molecule has 0 saturated carbocycles. The molecule has 0 amide bonds. The van der Waals surface area contributed by atoms with Gasteiger partial charge in [0.05, 0.1) is 44.1 Å². The predicted octanol–water partition coefficient (Wildman–Crippen LogP) is 31.2. The molecule has 4 aromatic heterocycles. The lowest BCUT2D eigenvalue weighted by Gasteiger charge is -2.18. The van der Waals surface area contributed by atoms with E-state index in [1.807, 2.05) is 0 Å². The third kappa shape index (κ3) is 12.6. The molecule has 4 heterocycles. The van der Waals surface area contributed by atoms with Crippen molar-refractivity contribution in [1.82, 2.24) is 18.3 Å². The van der Waals surface area contributed by atoms with Crippen molar-refractivity contribution in [1.29, 1.82) is 0 Å². The summed E-state index contributed by atoms with van der Waals surface area (Å²) in [7, 11) is 0. The van der Waals surface area contributed by atoms with Gasteiger partial charge < -0.3 is 18.3 Å². The molecule has 0 bridgehead atoms. The standard InChI is InChI=1S/C118H78N4/c1-2-30-104-103(29-1)117(89-57-53-81(54-58-89)43-41-79-45-49-83(50-46-79)77-107(85-61-69-91(70-62-85)119-109-33-13-5-21-95(109)96-22-6-14-34-110(96)119)86-63-71-92(72-64-86)120-111-35-15-7-23-97(111)98-24-8-16-36-112(98)120)105-31-3-4-32-106(105)118(104)90-59-55-82(56-60-90)44-42-80-47-51-84(52-48-80)78-108(87-65-73-93(74-66-87)121-113-37-17-9-25-99(113)100-26-10-18-38-114(100)121)88-67-75-94(76-68-88)122-115-39-19-11-27-101(115)102-28-12-20-40-116(102)122/h1-78H/b43-41+,44-42+. The normalized spacial score (nSPS) is 11.9. The van der Waals surface area contributed by atoms with Crippen molar-refractivity contribution in [3.05, 3.63) is 492 Å². The lowest BCUT2D eigenvalue weighted by Crippen LogP contribution is -1.96. The molecule has 0 radical (unpaired) electrons. The zero-order chi connectivity index (χ0) is 80.6. The minimum Gasteiger partial charge on any atom is -0.309 e. The Morgan fingerprint density at radius 1 is 0.148 bits per heavy atom. The van der Waals surface area contributed by atoms with Gasteiger partial charge in [-0.25, -0.2) is 0 Å². The van der Waals surface area contributed by atoms with E-state index in [0.717, 1.165) is 89.5 Å². The molecular formula is C118H78N4. The minimum absolute atomic E-state index is 1.12. The maximum Gasteiger partial charge on any atom is 0.0541 e. The van der Waals surface area contributed by atoms with Crippen molar-refractivity contribution >= 4 is 156 Å². The van der Waals surface area contributed by atoms with Gasteiger partial charge in [0, 0.05) is 65.8 Å². The van der Waals surface area contributed by atoms with Gasteiger partial charge in [-0.05, 0) is 220 Å². The molecule has 4 nitrogen and oxygen atoms in total. The molecule has 0 unspecified atom stereocenters. The average Bonchev–Trinajstić information content (AvgIpc) is 1.11. The summed E-state index contributed by atoms with van der Waals surface area (Å²) in [6.45, 7) is 0. The Bertz CT molecular complexity index is 7070. The number of para-hydroxylation sites is 8. The fourth-order valence-electron chi connectivity index (χ4n) is 19.0. The Kier molecular flexibility index (Phi) is 17.6. The fraction of sp³-hybridized carbons (Fsp3) is 0. The molecule has 0 aliphatic heterocycles. The van der Waals surface area contributed by atoms with Crippen LogP contribution in [0.25, 0.3) is 201 Å². The summed E-state index contributed by atoms with van der Waals surface area (Å²) in [4.78, 5) is 0. The average molecular weight is 1550 g/mol. The van der Waals surface area contributed by atoms with Gasteiger partial charge in [0.1, 0.15) is 0 Å². The lowest BCUT2D eigenvalue weighted by atomic mass is 9.85. The highest BCUT2D eigenvalue weighted by Crippen LogP contribution is 2.46. The second-order valence-electron chi connectivity index (χ2n) is 31.9. The number of nitrogens with zero attached hydrogens (tertiary/aromatic N) is 4. The molecule has 23 aromatic rings. The van der Waals surface area contributed by atoms with Gasteiger partial charge in [0.25, 0.3) is 0 Å². The largest absolute Gasteiger partial charge is 0.309 e. The van der Waals surface area contributed by atoms with Gasteiger partial charge in [0.15, 0.2) is 0 Å². The highest BCUT2D eigenvalue weighted by molar-refractivity contribution is 6.22. The third-order valence-corrected chi connectivity index (χ3v) is 24.8. The first-order valence-corrected chi connectivity index (χ1v) is 42.0. The summed E-state index contributed by atoms with van der Waals surface area (Å²) in [6, 6.07) is 160. The molecule has 0 atom stereocenters. The second-order valence-corrected chi connectivity index (χ2v) is 31.9. The van der Waals surface area contributed by atoms with Crippen molar-refractivity contribution in [2.45, 2.75) is 0 Å². The summed E-state index contributed by atoms with van der Waals surface area (Å²) in [5.41, 5.74) is 32.6. The van der Waals surface area contributed by atoms with Crippen LogP contribution in [0.5, 0.6) is 0 Å². The van der Waals surface area contributed by atoms with Crippen molar-refractivity contribution in [3.63, 3.8) is 0 Å². The molecule has 23 rings (SSSR count). The highest BCUT2D eigenvalue weighted by atomic mass is 15.0. The zero-order valence-electron chi connectivity index (χ0n) is 66.8. The molecule has 122 heavy (non-hydrogen) atoms. The van der Waals surface area contributed by atoms with E-state index in [0.29, 0.717) is 0 Å². The van der Waals surface area contributed by atoms with Crippen LogP contribution < -0.4 is 0 Å². The van der Waals surface area contributed by atoms with Crippen LogP contribution in [0.2, 0.25) is 0 Å². The lowest BCUT2D eigenvalue weighted by molar-refractivity contribution is 1.18. The summed E-state index contributed by atoms with van der Waals surface area (Å²) in [6.07, 6.45) is 13.6. The minimum atomic E-state index is 1.12. The number of hydrogen-bond acceptors (Lipinski definition) is 0. The van der Waals surface area contributed by atoms with E-state index in [1.54, 1.807) is 0 Å². The molecule has 19 aromatic carbocycles. The molecule has 0 N–H and O–H groups in total. The maximum atomic E-state index is 2.39. The number of fused-ring (bicyclic) bond motifs is 14. The van der Waals surface area contributed by atoms with Crippen molar-refractivity contribution < 1.29 is 0 Å². The van der Waals surface area contributed by atoms with E-state index >= 15 is 0 Å².